The molecule has 0 aliphatic heterocycles. The van der Waals surface area contributed by atoms with Crippen LogP contribution >= 0.6 is 0 Å². The number of allylic oxidation sites excluding steroid dienone is 1. The fraction of sp³-hybridized carbons (Fsp3) is 0.909. The van der Waals surface area contributed by atoms with E-state index < -0.39 is 0 Å². The summed E-state index contributed by atoms with van der Waals surface area (Å²) in [5.41, 5.74) is 0. The van der Waals surface area contributed by atoms with Crippen molar-refractivity contribution in [1.82, 2.24) is 0 Å². The summed E-state index contributed by atoms with van der Waals surface area (Å²) in [6, 6.07) is 0. The molecule has 0 atom stereocenters. The normalized spacial score (nSPS) is 10.9. The minimum Gasteiger partial charge on any atom is -0.496 e. The maximum absolute atomic E-state index is 8.66. The molecular formula is C22H44O2. The minimum absolute atomic E-state index is 0.0813. The molecule has 24 heavy (non-hydrogen) atoms. The van der Waals surface area contributed by atoms with E-state index in [0.717, 1.165) is 12.2 Å². The second-order valence-corrected chi connectivity index (χ2v) is 7.16. The predicted octanol–water partition coefficient (Wildman–Crippen LogP) is 7.16. The van der Waals surface area contributed by atoms with Gasteiger partial charge in [0.25, 0.3) is 0 Å². The Morgan fingerprint density at radius 3 is 1.42 bits per heavy atom. The van der Waals surface area contributed by atoms with Crippen molar-refractivity contribution >= 4 is 0 Å². The lowest BCUT2D eigenvalue weighted by molar-refractivity contribution is 0.139. The zero-order valence-corrected chi connectivity index (χ0v) is 16.5. The highest BCUT2D eigenvalue weighted by atomic mass is 16.5. The van der Waals surface area contributed by atoms with E-state index in [2.05, 4.69) is 13.5 Å². The van der Waals surface area contributed by atoms with Crippen LogP contribution in [0.25, 0.3) is 0 Å². The molecule has 0 unspecified atom stereocenters. The molecule has 0 rings (SSSR count). The van der Waals surface area contributed by atoms with Crippen molar-refractivity contribution in [2.24, 2.45) is 0 Å². The Morgan fingerprint density at radius 1 is 0.667 bits per heavy atom. The molecular weight excluding hydrogens is 296 g/mol. The van der Waals surface area contributed by atoms with E-state index in [1.54, 1.807) is 0 Å². The van der Waals surface area contributed by atoms with Gasteiger partial charge in [0.2, 0.25) is 0 Å². The van der Waals surface area contributed by atoms with Crippen molar-refractivity contribution in [3.05, 3.63) is 12.3 Å². The highest BCUT2D eigenvalue weighted by Gasteiger charge is 1.97. The van der Waals surface area contributed by atoms with Crippen molar-refractivity contribution in [3.63, 3.8) is 0 Å². The quantitative estimate of drug-likeness (QED) is 0.188. The first-order valence-electron chi connectivity index (χ1n) is 10.7. The first-order valence-corrected chi connectivity index (χ1v) is 10.7. The molecule has 0 radical (unpaired) electrons. The second kappa shape index (κ2) is 20.5. The van der Waals surface area contributed by atoms with Crippen LogP contribution in [0.2, 0.25) is 0 Å². The van der Waals surface area contributed by atoms with Crippen LogP contribution in [-0.2, 0) is 4.74 Å². The van der Waals surface area contributed by atoms with Crippen molar-refractivity contribution in [2.75, 3.05) is 13.2 Å². The molecule has 0 aliphatic rings. The molecule has 0 aromatic rings. The summed E-state index contributed by atoms with van der Waals surface area (Å²) in [5.74, 6) is 0.828. The maximum atomic E-state index is 8.66. The molecule has 0 saturated carbocycles. The van der Waals surface area contributed by atoms with Gasteiger partial charge in [0.1, 0.15) is 6.61 Å². The average molecular weight is 341 g/mol. The zero-order chi connectivity index (χ0) is 17.7. The van der Waals surface area contributed by atoms with Crippen LogP contribution in [0.3, 0.4) is 0 Å². The van der Waals surface area contributed by atoms with Gasteiger partial charge in [0.05, 0.1) is 12.4 Å². The van der Waals surface area contributed by atoms with Gasteiger partial charge in [-0.1, -0.05) is 110 Å². The molecule has 2 nitrogen and oxygen atoms in total. The fourth-order valence-electron chi connectivity index (χ4n) is 3.13. The largest absolute Gasteiger partial charge is 0.496 e. The van der Waals surface area contributed by atoms with Gasteiger partial charge in [0, 0.05) is 6.42 Å². The standard InChI is InChI=1S/C22H44O2/c1-3-4-5-6-7-8-9-10-11-12-13-14-15-16-17-18-19-22(2)24-21-20-23/h23H,2-21H2,1H3. The lowest BCUT2D eigenvalue weighted by Gasteiger charge is -2.07. The van der Waals surface area contributed by atoms with Crippen molar-refractivity contribution in [2.45, 2.75) is 116 Å². The Balaban J connectivity index is 3.04. The number of unbranched alkanes of at least 4 members (excludes halogenated alkanes) is 15. The van der Waals surface area contributed by atoms with Crippen molar-refractivity contribution in [3.8, 4) is 0 Å². The van der Waals surface area contributed by atoms with Crippen LogP contribution < -0.4 is 0 Å². The summed E-state index contributed by atoms with van der Waals surface area (Å²) in [7, 11) is 0. The van der Waals surface area contributed by atoms with E-state index in [9.17, 15) is 0 Å². The number of hydrogen-bond acceptors (Lipinski definition) is 2. The molecule has 0 saturated heterocycles. The zero-order valence-electron chi connectivity index (χ0n) is 16.5. The number of aliphatic hydroxyl groups excluding tert-OH is 1. The van der Waals surface area contributed by atoms with Crippen molar-refractivity contribution in [1.29, 1.82) is 0 Å². The average Bonchev–Trinajstić information content (AvgIpc) is 2.59. The predicted molar refractivity (Wildman–Crippen MR) is 106 cm³/mol. The second-order valence-electron chi connectivity index (χ2n) is 7.16. The fourth-order valence-corrected chi connectivity index (χ4v) is 3.13. The molecule has 1 N–H and O–H groups in total. The number of hydrogen-bond donors (Lipinski definition) is 1. The van der Waals surface area contributed by atoms with Gasteiger partial charge in [-0.2, -0.15) is 0 Å². The Bertz CT molecular complexity index is 250. The third-order valence-electron chi connectivity index (χ3n) is 4.71. The van der Waals surface area contributed by atoms with E-state index >= 15 is 0 Å². The third-order valence-corrected chi connectivity index (χ3v) is 4.71. The smallest absolute Gasteiger partial charge is 0.111 e. The Labute approximate surface area is 152 Å². The first-order chi connectivity index (χ1) is 11.8. The van der Waals surface area contributed by atoms with Crippen molar-refractivity contribution < 1.29 is 9.84 Å². The van der Waals surface area contributed by atoms with Crippen LogP contribution in [0, 0.1) is 0 Å². The number of aliphatic hydroxyl groups is 1. The lowest BCUT2D eigenvalue weighted by Crippen LogP contribution is -1.98. The summed E-state index contributed by atoms with van der Waals surface area (Å²) in [6.45, 7) is 6.62. The Morgan fingerprint density at radius 2 is 1.04 bits per heavy atom. The monoisotopic (exact) mass is 340 g/mol. The molecule has 0 aliphatic carbocycles. The SMILES string of the molecule is C=C(CCCCCCCCCCCCCCCCCC)OCCO. The van der Waals surface area contributed by atoms with Crippen LogP contribution in [0.4, 0.5) is 0 Å². The van der Waals surface area contributed by atoms with E-state index in [-0.39, 0.29) is 6.61 Å². The van der Waals surface area contributed by atoms with Crippen LogP contribution in [0.1, 0.15) is 116 Å². The summed E-state index contributed by atoms with van der Waals surface area (Å²) in [6.07, 6.45) is 23.3. The van der Waals surface area contributed by atoms with E-state index in [4.69, 9.17) is 9.84 Å². The first kappa shape index (κ1) is 23.5. The number of ether oxygens (including phenoxy) is 1. The number of rotatable bonds is 20. The molecule has 0 spiro atoms. The Kier molecular flexibility index (Phi) is 20.1. The highest BCUT2D eigenvalue weighted by molar-refractivity contribution is 4.81. The van der Waals surface area contributed by atoms with E-state index in [1.165, 1.54) is 103 Å². The lowest BCUT2D eigenvalue weighted by atomic mass is 10.0. The minimum atomic E-state index is 0.0813. The third kappa shape index (κ3) is 19.5. The summed E-state index contributed by atoms with van der Waals surface area (Å²) >= 11 is 0. The molecule has 144 valence electrons. The highest BCUT2D eigenvalue weighted by Crippen LogP contribution is 2.15. The summed E-state index contributed by atoms with van der Waals surface area (Å²) in [5, 5.41) is 8.66. The molecule has 0 amide bonds. The van der Waals surface area contributed by atoms with E-state index in [1.807, 2.05) is 0 Å². The Hall–Kier alpha value is -0.500. The van der Waals surface area contributed by atoms with Crippen LogP contribution in [0.15, 0.2) is 12.3 Å². The molecule has 0 aromatic heterocycles. The van der Waals surface area contributed by atoms with E-state index in [0.29, 0.717) is 6.61 Å². The summed E-state index contributed by atoms with van der Waals surface area (Å²) in [4.78, 5) is 0. The molecule has 0 fully saturated rings. The molecule has 0 heterocycles. The van der Waals surface area contributed by atoms with Gasteiger partial charge in [-0.25, -0.2) is 0 Å². The van der Waals surface area contributed by atoms with Gasteiger partial charge in [-0.05, 0) is 6.42 Å². The summed E-state index contributed by atoms with van der Waals surface area (Å²) < 4.78 is 5.27. The molecule has 0 bridgehead atoms. The van der Waals surface area contributed by atoms with Gasteiger partial charge in [0.15, 0.2) is 0 Å². The van der Waals surface area contributed by atoms with Gasteiger partial charge < -0.3 is 9.84 Å². The van der Waals surface area contributed by atoms with Crippen LogP contribution in [-0.4, -0.2) is 18.3 Å². The molecule has 0 aromatic carbocycles. The van der Waals surface area contributed by atoms with Gasteiger partial charge in [-0.3, -0.25) is 0 Å². The topological polar surface area (TPSA) is 29.5 Å². The van der Waals surface area contributed by atoms with Gasteiger partial charge in [-0.15, -0.1) is 0 Å². The van der Waals surface area contributed by atoms with Gasteiger partial charge >= 0.3 is 0 Å². The molecule has 2 heteroatoms. The maximum Gasteiger partial charge on any atom is 0.111 e. The van der Waals surface area contributed by atoms with Crippen LogP contribution in [0.5, 0.6) is 0 Å².